The Morgan fingerprint density at radius 3 is 2.44 bits per heavy atom. The van der Waals surface area contributed by atoms with E-state index in [2.05, 4.69) is 5.43 Å². The second-order valence-corrected chi connectivity index (χ2v) is 1.72. The van der Waals surface area contributed by atoms with Crippen molar-refractivity contribution in [3.63, 3.8) is 0 Å². The highest BCUT2D eigenvalue weighted by Crippen LogP contribution is 1.96. The van der Waals surface area contributed by atoms with Crippen LogP contribution in [0, 0.1) is 6.54 Å². The summed E-state index contributed by atoms with van der Waals surface area (Å²) in [6.07, 6.45) is 0. The van der Waals surface area contributed by atoms with Gasteiger partial charge in [-0.2, -0.15) is 0 Å². The Balaban J connectivity index is 2.61. The predicted molar refractivity (Wildman–Crippen MR) is 37.2 cm³/mol. The van der Waals surface area contributed by atoms with E-state index in [1.807, 2.05) is 30.3 Å². The monoisotopic (exact) mass is 121 g/mol. The predicted octanol–water partition coefficient (Wildman–Crippen LogP) is 0.660. The Kier molecular flexibility index (Phi) is 2.24. The molecule has 0 aliphatic heterocycles. The summed E-state index contributed by atoms with van der Waals surface area (Å²) < 4.78 is 0. The summed E-state index contributed by atoms with van der Waals surface area (Å²) in [6.45, 7) is 1.74. The van der Waals surface area contributed by atoms with Gasteiger partial charge in [0, 0.05) is 0 Å². The molecule has 0 spiro atoms. The Morgan fingerprint density at radius 1 is 1.22 bits per heavy atom. The SMILES string of the molecule is NN[CH]c1ccccc1. The highest BCUT2D eigenvalue weighted by Gasteiger charge is 1.84. The van der Waals surface area contributed by atoms with Crippen molar-refractivity contribution in [3.8, 4) is 0 Å². The smallest absolute Gasteiger partial charge is 0.0667 e. The number of hydrogen-bond acceptors (Lipinski definition) is 2. The first-order valence-corrected chi connectivity index (χ1v) is 2.78. The lowest BCUT2D eigenvalue weighted by atomic mass is 10.2. The molecule has 0 heterocycles. The Labute approximate surface area is 54.7 Å². The first-order valence-electron chi connectivity index (χ1n) is 2.78. The van der Waals surface area contributed by atoms with Gasteiger partial charge in [-0.3, -0.25) is 11.3 Å². The van der Waals surface area contributed by atoms with Crippen molar-refractivity contribution in [2.24, 2.45) is 5.84 Å². The quantitative estimate of drug-likeness (QED) is 0.445. The van der Waals surface area contributed by atoms with Crippen molar-refractivity contribution in [1.82, 2.24) is 5.43 Å². The van der Waals surface area contributed by atoms with Crippen LogP contribution in [0.5, 0.6) is 0 Å². The minimum absolute atomic E-state index is 1.08. The van der Waals surface area contributed by atoms with Gasteiger partial charge in [-0.15, -0.1) is 0 Å². The summed E-state index contributed by atoms with van der Waals surface area (Å²) in [7, 11) is 0. The molecular formula is C7H9N2. The molecule has 2 heteroatoms. The number of hydrazine groups is 1. The van der Waals surface area contributed by atoms with E-state index in [9.17, 15) is 0 Å². The van der Waals surface area contributed by atoms with Crippen LogP contribution in [0.15, 0.2) is 30.3 Å². The minimum atomic E-state index is 1.08. The third kappa shape index (κ3) is 1.83. The van der Waals surface area contributed by atoms with E-state index in [0.29, 0.717) is 0 Å². The number of nitrogens with two attached hydrogens (primary N) is 1. The molecule has 0 aromatic heterocycles. The molecule has 2 nitrogen and oxygen atoms in total. The average Bonchev–Trinajstić information content (AvgIpc) is 1.91. The summed E-state index contributed by atoms with van der Waals surface area (Å²) in [4.78, 5) is 0. The average molecular weight is 121 g/mol. The van der Waals surface area contributed by atoms with Crippen molar-refractivity contribution < 1.29 is 0 Å². The van der Waals surface area contributed by atoms with Crippen LogP contribution in [0.25, 0.3) is 0 Å². The number of rotatable bonds is 2. The lowest BCUT2D eigenvalue weighted by molar-refractivity contribution is 0.898. The Morgan fingerprint density at radius 2 is 1.89 bits per heavy atom. The molecule has 0 bridgehead atoms. The van der Waals surface area contributed by atoms with E-state index >= 15 is 0 Å². The van der Waals surface area contributed by atoms with Gasteiger partial charge < -0.3 is 0 Å². The van der Waals surface area contributed by atoms with E-state index in [1.54, 1.807) is 6.54 Å². The zero-order valence-corrected chi connectivity index (χ0v) is 5.04. The highest BCUT2D eigenvalue weighted by atomic mass is 15.2. The number of nitrogens with one attached hydrogen (secondary N) is 1. The molecule has 1 aromatic rings. The van der Waals surface area contributed by atoms with Gasteiger partial charge >= 0.3 is 0 Å². The van der Waals surface area contributed by atoms with E-state index in [-0.39, 0.29) is 0 Å². The summed E-state index contributed by atoms with van der Waals surface area (Å²) in [6, 6.07) is 9.83. The molecule has 0 atom stereocenters. The fourth-order valence-electron chi connectivity index (χ4n) is 0.645. The van der Waals surface area contributed by atoms with Crippen molar-refractivity contribution in [1.29, 1.82) is 0 Å². The lowest BCUT2D eigenvalue weighted by Crippen LogP contribution is -2.18. The molecule has 1 rings (SSSR count). The van der Waals surface area contributed by atoms with Crippen LogP contribution in [-0.2, 0) is 0 Å². The van der Waals surface area contributed by atoms with Gasteiger partial charge in [-0.05, 0) is 5.56 Å². The Hall–Kier alpha value is -0.860. The second kappa shape index (κ2) is 3.22. The van der Waals surface area contributed by atoms with Crippen LogP contribution in [0.4, 0.5) is 0 Å². The van der Waals surface area contributed by atoms with Gasteiger partial charge in [0.05, 0.1) is 6.54 Å². The molecule has 3 N–H and O–H groups in total. The molecule has 0 aliphatic rings. The largest absolute Gasteiger partial charge is 0.271 e. The molecule has 1 aromatic carbocycles. The van der Waals surface area contributed by atoms with Crippen molar-refractivity contribution in [3.05, 3.63) is 42.4 Å². The summed E-state index contributed by atoms with van der Waals surface area (Å²) >= 11 is 0. The van der Waals surface area contributed by atoms with Crippen LogP contribution < -0.4 is 11.3 Å². The van der Waals surface area contributed by atoms with Gasteiger partial charge in [0.25, 0.3) is 0 Å². The topological polar surface area (TPSA) is 38.0 Å². The molecule has 0 fully saturated rings. The van der Waals surface area contributed by atoms with E-state index in [1.165, 1.54) is 0 Å². The fourth-order valence-corrected chi connectivity index (χ4v) is 0.645. The van der Waals surface area contributed by atoms with Gasteiger partial charge in [0.2, 0.25) is 0 Å². The van der Waals surface area contributed by atoms with Gasteiger partial charge in [0.15, 0.2) is 0 Å². The molecular weight excluding hydrogens is 112 g/mol. The highest BCUT2D eigenvalue weighted by molar-refractivity contribution is 5.20. The third-order valence-corrected chi connectivity index (χ3v) is 1.05. The van der Waals surface area contributed by atoms with Crippen molar-refractivity contribution in [2.75, 3.05) is 0 Å². The molecule has 0 unspecified atom stereocenters. The minimum Gasteiger partial charge on any atom is -0.271 e. The maximum atomic E-state index is 5.05. The standard InChI is InChI=1S/C7H9N2/c8-9-6-7-4-2-1-3-5-7/h1-6,9H,8H2. The molecule has 0 aliphatic carbocycles. The second-order valence-electron chi connectivity index (χ2n) is 1.72. The molecule has 0 saturated heterocycles. The molecule has 1 radical (unpaired) electrons. The third-order valence-electron chi connectivity index (χ3n) is 1.05. The van der Waals surface area contributed by atoms with Crippen LogP contribution in [-0.4, -0.2) is 0 Å². The normalized spacial score (nSPS) is 9.44. The molecule has 9 heavy (non-hydrogen) atoms. The van der Waals surface area contributed by atoms with Crippen LogP contribution in [0.1, 0.15) is 5.56 Å². The van der Waals surface area contributed by atoms with Crippen molar-refractivity contribution in [2.45, 2.75) is 0 Å². The molecule has 47 valence electrons. The number of benzene rings is 1. The fraction of sp³-hybridized carbons (Fsp3) is 0. The van der Waals surface area contributed by atoms with Gasteiger partial charge in [0.1, 0.15) is 0 Å². The summed E-state index contributed by atoms with van der Waals surface area (Å²) in [5.74, 6) is 5.05. The Bertz CT molecular complexity index is 160. The zero-order valence-electron chi connectivity index (χ0n) is 5.04. The van der Waals surface area contributed by atoms with Crippen LogP contribution in [0.2, 0.25) is 0 Å². The maximum Gasteiger partial charge on any atom is 0.0667 e. The van der Waals surface area contributed by atoms with Crippen LogP contribution in [0.3, 0.4) is 0 Å². The summed E-state index contributed by atoms with van der Waals surface area (Å²) in [5.41, 5.74) is 3.54. The number of hydrogen-bond donors (Lipinski definition) is 2. The van der Waals surface area contributed by atoms with E-state index in [4.69, 9.17) is 5.84 Å². The first-order chi connectivity index (χ1) is 4.43. The van der Waals surface area contributed by atoms with Crippen LogP contribution >= 0.6 is 0 Å². The van der Waals surface area contributed by atoms with E-state index in [0.717, 1.165) is 5.56 Å². The van der Waals surface area contributed by atoms with Crippen molar-refractivity contribution >= 4 is 0 Å². The van der Waals surface area contributed by atoms with E-state index < -0.39 is 0 Å². The van der Waals surface area contributed by atoms with Gasteiger partial charge in [-0.25, -0.2) is 0 Å². The lowest BCUT2D eigenvalue weighted by Gasteiger charge is -1.94. The molecule has 0 saturated carbocycles. The molecule has 0 amide bonds. The first kappa shape index (κ1) is 6.26. The summed E-state index contributed by atoms with van der Waals surface area (Å²) in [5, 5.41) is 0. The zero-order chi connectivity index (χ0) is 6.53. The van der Waals surface area contributed by atoms with Gasteiger partial charge in [-0.1, -0.05) is 30.3 Å². The maximum absolute atomic E-state index is 5.05.